The maximum absolute atomic E-state index is 13.8. The number of methoxy groups -OCH3 is 1. The van der Waals surface area contributed by atoms with Crippen molar-refractivity contribution in [2.24, 2.45) is 0 Å². The van der Waals surface area contributed by atoms with Crippen LogP contribution in [-0.4, -0.2) is 112 Å². The van der Waals surface area contributed by atoms with E-state index in [0.29, 0.717) is 38.3 Å². The molecule has 1 N–H and O–H groups in total. The molecule has 2 atom stereocenters. The van der Waals surface area contributed by atoms with Crippen molar-refractivity contribution in [3.63, 3.8) is 0 Å². The third-order valence-corrected chi connectivity index (χ3v) is 8.38. The Balaban J connectivity index is 0.00000337. The largest absolute Gasteiger partial charge is 0.508 e. The van der Waals surface area contributed by atoms with Gasteiger partial charge in [-0.3, -0.25) is 14.6 Å². The zero-order valence-corrected chi connectivity index (χ0v) is 27.2. The van der Waals surface area contributed by atoms with Gasteiger partial charge in [-0.1, -0.05) is 12.1 Å². The fraction of sp³-hybridized carbons (Fsp3) is 0.552. The van der Waals surface area contributed by atoms with Gasteiger partial charge >= 0.3 is 6.18 Å². The van der Waals surface area contributed by atoms with Crippen molar-refractivity contribution in [1.29, 1.82) is 0 Å². The molecule has 248 valence electrons. The molecule has 2 aromatic carbocycles. The smallest absolute Gasteiger partial charge is 0.416 e. The molecule has 0 aromatic heterocycles. The molecule has 0 unspecified atom stereocenters. The number of carbonyl (C=O) groups is 1. The Morgan fingerprint density at radius 1 is 1.02 bits per heavy atom. The van der Waals surface area contributed by atoms with Crippen molar-refractivity contribution in [3.8, 4) is 5.75 Å². The number of phenolic OH excluding ortho intramolecular Hbond substituents is 1. The van der Waals surface area contributed by atoms with Crippen LogP contribution in [0.4, 0.5) is 13.2 Å². The third kappa shape index (κ3) is 10.5. The topological polar surface area (TPSA) is 99.6 Å². The lowest BCUT2D eigenvalue weighted by atomic mass is 9.98. The lowest BCUT2D eigenvalue weighted by molar-refractivity contribution is -0.137. The SMILES string of the molecule is COC[C@@H]1CN(CCN2CCN(C(=O)c3cc(C[SH](=O)=O)cc(C(F)(F)F)c3)[C@H](Cc3ccc(C)c(O)c3)C2)CCO1.Cl.Cl. The molecule has 2 aromatic rings. The summed E-state index contributed by atoms with van der Waals surface area (Å²) in [5, 5.41) is 10.3. The number of ether oxygens (including phenoxy) is 2. The number of hydrogen-bond donors (Lipinski definition) is 2. The van der Waals surface area contributed by atoms with Gasteiger partial charge in [-0.25, -0.2) is 8.42 Å². The van der Waals surface area contributed by atoms with Crippen LogP contribution < -0.4 is 0 Å². The normalized spacial score (nSPS) is 19.8. The van der Waals surface area contributed by atoms with E-state index in [9.17, 15) is 31.5 Å². The van der Waals surface area contributed by atoms with Crippen molar-refractivity contribution in [2.75, 3.05) is 66.1 Å². The average molecular weight is 687 g/mol. The Labute approximate surface area is 270 Å². The summed E-state index contributed by atoms with van der Waals surface area (Å²) in [6.07, 6.45) is -4.34. The summed E-state index contributed by atoms with van der Waals surface area (Å²) in [5.41, 5.74) is 0.171. The number of amides is 1. The Bertz CT molecular complexity index is 1320. The molecule has 2 aliphatic heterocycles. The molecule has 2 heterocycles. The Hall–Kier alpha value is -2.13. The van der Waals surface area contributed by atoms with Gasteiger partial charge in [-0.2, -0.15) is 13.2 Å². The van der Waals surface area contributed by atoms with Crippen LogP contribution in [0.5, 0.6) is 5.75 Å². The quantitative estimate of drug-likeness (QED) is 0.368. The zero-order chi connectivity index (χ0) is 30.4. The minimum atomic E-state index is -4.74. The van der Waals surface area contributed by atoms with E-state index in [-0.39, 0.29) is 60.4 Å². The molecule has 15 heteroatoms. The molecular weight excluding hydrogens is 646 g/mol. The average Bonchev–Trinajstić information content (AvgIpc) is 2.93. The molecule has 0 bridgehead atoms. The van der Waals surface area contributed by atoms with E-state index in [1.54, 1.807) is 31.1 Å². The molecule has 2 aliphatic rings. The number of benzene rings is 2. The lowest BCUT2D eigenvalue weighted by Gasteiger charge is -2.43. The first-order valence-corrected chi connectivity index (χ1v) is 15.3. The number of aromatic hydroxyl groups is 1. The molecule has 2 saturated heterocycles. The summed E-state index contributed by atoms with van der Waals surface area (Å²) in [5.74, 6) is -1.04. The zero-order valence-electron chi connectivity index (χ0n) is 24.6. The van der Waals surface area contributed by atoms with Crippen molar-refractivity contribution in [3.05, 3.63) is 64.2 Å². The maximum Gasteiger partial charge on any atom is 0.416 e. The second-order valence-corrected chi connectivity index (χ2v) is 11.9. The summed E-state index contributed by atoms with van der Waals surface area (Å²) >= 11 is 0. The Morgan fingerprint density at radius 3 is 2.36 bits per heavy atom. The third-order valence-electron chi connectivity index (χ3n) is 7.76. The number of morpholine rings is 1. The molecular formula is C29H40Cl2F3N3O6S. The monoisotopic (exact) mass is 685 g/mol. The first kappa shape index (κ1) is 38.1. The Kier molecular flexibility index (Phi) is 14.7. The van der Waals surface area contributed by atoms with E-state index in [4.69, 9.17) is 9.47 Å². The summed E-state index contributed by atoms with van der Waals surface area (Å²) in [6, 6.07) is 7.72. The highest BCUT2D eigenvalue weighted by Gasteiger charge is 2.35. The number of hydrogen-bond acceptors (Lipinski definition) is 8. The fourth-order valence-corrected chi connectivity index (χ4v) is 6.04. The number of aryl methyl sites for hydroxylation is 1. The van der Waals surface area contributed by atoms with Crippen molar-refractivity contribution >= 4 is 41.4 Å². The van der Waals surface area contributed by atoms with Crippen LogP contribution in [0.2, 0.25) is 0 Å². The predicted molar refractivity (Wildman–Crippen MR) is 166 cm³/mol. The molecule has 9 nitrogen and oxygen atoms in total. The predicted octanol–water partition coefficient (Wildman–Crippen LogP) is 3.39. The summed E-state index contributed by atoms with van der Waals surface area (Å²) in [7, 11) is -1.34. The van der Waals surface area contributed by atoms with Gasteiger partial charge in [-0.15, -0.1) is 24.8 Å². The van der Waals surface area contributed by atoms with Gasteiger partial charge in [0.15, 0.2) is 0 Å². The van der Waals surface area contributed by atoms with E-state index >= 15 is 0 Å². The van der Waals surface area contributed by atoms with E-state index in [0.717, 1.165) is 43.9 Å². The first-order chi connectivity index (χ1) is 19.9. The van der Waals surface area contributed by atoms with Gasteiger partial charge in [0.25, 0.3) is 5.91 Å². The van der Waals surface area contributed by atoms with Crippen molar-refractivity contribution in [1.82, 2.24) is 14.7 Å². The first-order valence-electron chi connectivity index (χ1n) is 13.9. The van der Waals surface area contributed by atoms with Gasteiger partial charge in [0.2, 0.25) is 0 Å². The van der Waals surface area contributed by atoms with Gasteiger partial charge in [0, 0.05) is 64.5 Å². The molecule has 1 amide bonds. The van der Waals surface area contributed by atoms with Crippen LogP contribution in [0.1, 0.15) is 32.6 Å². The van der Waals surface area contributed by atoms with E-state index in [2.05, 4.69) is 9.80 Å². The van der Waals surface area contributed by atoms with Crippen LogP contribution in [0.3, 0.4) is 0 Å². The minimum absolute atomic E-state index is 0. The molecule has 0 spiro atoms. The van der Waals surface area contributed by atoms with Crippen LogP contribution in [0.25, 0.3) is 0 Å². The van der Waals surface area contributed by atoms with Crippen LogP contribution in [0, 0.1) is 6.92 Å². The molecule has 0 saturated carbocycles. The number of carbonyl (C=O) groups excluding carboxylic acids is 1. The van der Waals surface area contributed by atoms with Crippen LogP contribution >= 0.6 is 24.8 Å². The maximum atomic E-state index is 13.8. The number of phenols is 1. The Morgan fingerprint density at radius 2 is 1.73 bits per heavy atom. The van der Waals surface area contributed by atoms with Gasteiger partial charge in [-0.05, 0) is 54.3 Å². The molecule has 0 radical (unpaired) electrons. The van der Waals surface area contributed by atoms with Crippen molar-refractivity contribution in [2.45, 2.75) is 37.4 Å². The van der Waals surface area contributed by atoms with E-state index in [1.807, 2.05) is 6.07 Å². The van der Waals surface area contributed by atoms with Gasteiger partial charge in [0.1, 0.15) is 16.5 Å². The molecule has 44 heavy (non-hydrogen) atoms. The highest BCUT2D eigenvalue weighted by Crippen LogP contribution is 2.32. The van der Waals surface area contributed by atoms with Crippen LogP contribution in [-0.2, 0) is 38.5 Å². The van der Waals surface area contributed by atoms with Gasteiger partial charge in [0.05, 0.1) is 30.6 Å². The highest BCUT2D eigenvalue weighted by atomic mass is 35.5. The van der Waals surface area contributed by atoms with Crippen molar-refractivity contribution < 1.29 is 41.0 Å². The van der Waals surface area contributed by atoms with Gasteiger partial charge < -0.3 is 19.5 Å². The van der Waals surface area contributed by atoms with E-state index < -0.39 is 34.1 Å². The summed E-state index contributed by atoms with van der Waals surface area (Å²) in [4.78, 5) is 19.9. The molecule has 4 rings (SSSR count). The second-order valence-electron chi connectivity index (χ2n) is 10.9. The van der Waals surface area contributed by atoms with Crippen LogP contribution in [0.15, 0.2) is 36.4 Å². The number of thiol groups is 1. The minimum Gasteiger partial charge on any atom is -0.508 e. The number of halogens is 5. The number of piperazine rings is 1. The fourth-order valence-electron chi connectivity index (χ4n) is 5.56. The standard InChI is InChI=1S/C29H38F3N3O6S.2ClH/c1-20-3-4-21(14-27(20)36)13-25-16-33(5-6-34-9-10-41-26(17-34)18-40-2)7-8-35(25)28(37)23-11-22(19-42(38)39)12-24(15-23)29(30,31)32;;/h3-4,11-12,14-15,25-26,36,42H,5-10,13,16-19H2,1-2H3;2*1H/t25-,26+;;/m1../s1. The number of alkyl halides is 3. The highest BCUT2D eigenvalue weighted by molar-refractivity contribution is 7.71. The van der Waals surface area contributed by atoms with E-state index in [1.165, 1.54) is 6.07 Å². The summed E-state index contributed by atoms with van der Waals surface area (Å²) < 4.78 is 74.5. The number of nitrogens with zero attached hydrogens (tertiary/aromatic N) is 3. The molecule has 0 aliphatic carbocycles. The lowest BCUT2D eigenvalue weighted by Crippen LogP contribution is -2.57. The summed E-state index contributed by atoms with van der Waals surface area (Å²) in [6.45, 7) is 7.32. The number of rotatable bonds is 10. The second kappa shape index (κ2) is 17.0. The molecule has 2 fully saturated rings.